The average molecular weight is 591 g/mol. The van der Waals surface area contributed by atoms with E-state index in [1.165, 1.54) is 5.57 Å². The number of nitrogens with zero attached hydrogens (tertiary/aromatic N) is 4. The summed E-state index contributed by atoms with van der Waals surface area (Å²) in [6.07, 6.45) is 9.73. The first-order valence-corrected chi connectivity index (χ1v) is 14.2. The molecule has 4 aromatic rings. The standard InChI is InChI=1S/C31H29Cl2N5O3/c1-19-4-3-5-20(14-19)16-34-27-17-35-38-28-18-36(30(39)21-6-11-25(32)26(33)15-21)13-12-24(28)31(40)37(29(27)38)22-7-9-23(41-2)10-8-22/h3,5-11,14-15,17,19,34H,4,12-13,16,18H2,1-2H3. The van der Waals surface area contributed by atoms with Crippen LogP contribution in [-0.4, -0.2) is 45.2 Å². The Morgan fingerprint density at radius 2 is 1.95 bits per heavy atom. The van der Waals surface area contributed by atoms with Crippen molar-refractivity contribution in [1.82, 2.24) is 19.1 Å². The highest BCUT2D eigenvalue weighted by molar-refractivity contribution is 6.42. The second-order valence-corrected chi connectivity index (χ2v) is 11.2. The van der Waals surface area contributed by atoms with Crippen molar-refractivity contribution < 1.29 is 9.53 Å². The summed E-state index contributed by atoms with van der Waals surface area (Å²) in [6, 6.07) is 12.2. The van der Waals surface area contributed by atoms with Gasteiger partial charge >= 0.3 is 0 Å². The van der Waals surface area contributed by atoms with Crippen molar-refractivity contribution in [2.45, 2.75) is 26.3 Å². The SMILES string of the molecule is COc1ccc(-n2c(=O)c3c(n4ncc(NCC5=CC(C)CC=C5)c24)CN(C(=O)c2ccc(Cl)c(Cl)c2)CC3)cc1. The molecule has 6 rings (SSSR count). The maximum Gasteiger partial charge on any atom is 0.261 e. The van der Waals surface area contributed by atoms with Gasteiger partial charge in [-0.25, -0.2) is 4.52 Å². The first kappa shape index (κ1) is 27.2. The summed E-state index contributed by atoms with van der Waals surface area (Å²) in [5.74, 6) is 0.992. The number of carbonyl (C=O) groups is 1. The van der Waals surface area contributed by atoms with Crippen molar-refractivity contribution in [3.8, 4) is 11.4 Å². The van der Waals surface area contributed by atoms with Crippen molar-refractivity contribution in [2.75, 3.05) is 25.5 Å². The Morgan fingerprint density at radius 1 is 1.15 bits per heavy atom. The van der Waals surface area contributed by atoms with Crippen molar-refractivity contribution in [1.29, 1.82) is 0 Å². The number of rotatable bonds is 6. The van der Waals surface area contributed by atoms with Crippen molar-refractivity contribution in [2.24, 2.45) is 5.92 Å². The molecule has 1 unspecified atom stereocenters. The number of hydrogen-bond donors (Lipinski definition) is 1. The number of nitrogens with one attached hydrogen (secondary N) is 1. The van der Waals surface area contributed by atoms with Gasteiger partial charge in [0.05, 0.1) is 47.0 Å². The number of fused-ring (bicyclic) bond motifs is 3. The van der Waals surface area contributed by atoms with Gasteiger partial charge < -0.3 is 15.0 Å². The van der Waals surface area contributed by atoms with E-state index in [9.17, 15) is 9.59 Å². The van der Waals surface area contributed by atoms with E-state index in [0.717, 1.165) is 12.1 Å². The third-order valence-corrected chi connectivity index (χ3v) is 8.34. The van der Waals surface area contributed by atoms with Crippen molar-refractivity contribution in [3.05, 3.63) is 110 Å². The fourth-order valence-corrected chi connectivity index (χ4v) is 5.77. The Kier molecular flexibility index (Phi) is 7.36. The molecular formula is C31H29Cl2N5O3. The molecule has 0 spiro atoms. The van der Waals surface area contributed by atoms with Crippen molar-refractivity contribution in [3.63, 3.8) is 0 Å². The van der Waals surface area contributed by atoms with Crippen LogP contribution in [0.3, 0.4) is 0 Å². The van der Waals surface area contributed by atoms with Gasteiger partial charge in [0.15, 0.2) is 5.65 Å². The molecule has 8 nitrogen and oxygen atoms in total. The molecule has 0 fully saturated rings. The molecule has 3 heterocycles. The van der Waals surface area contributed by atoms with Crippen LogP contribution in [0.2, 0.25) is 10.0 Å². The van der Waals surface area contributed by atoms with Crippen LogP contribution in [0.15, 0.2) is 77.3 Å². The zero-order chi connectivity index (χ0) is 28.7. The molecule has 1 N–H and O–H groups in total. The molecule has 1 amide bonds. The fourth-order valence-electron chi connectivity index (χ4n) is 5.48. The molecule has 1 aliphatic heterocycles. The summed E-state index contributed by atoms with van der Waals surface area (Å²) in [6.45, 7) is 3.41. The van der Waals surface area contributed by atoms with Gasteiger partial charge in [-0.3, -0.25) is 14.2 Å². The van der Waals surface area contributed by atoms with Gasteiger partial charge in [-0.1, -0.05) is 48.4 Å². The molecule has 0 saturated heterocycles. The number of hydrogen-bond acceptors (Lipinski definition) is 5. The first-order chi connectivity index (χ1) is 19.8. The number of ether oxygens (including phenoxy) is 1. The summed E-state index contributed by atoms with van der Waals surface area (Å²) in [5, 5.41) is 8.93. The van der Waals surface area contributed by atoms with Crippen molar-refractivity contribution >= 4 is 40.4 Å². The monoisotopic (exact) mass is 589 g/mol. The predicted molar refractivity (Wildman–Crippen MR) is 162 cm³/mol. The second-order valence-electron chi connectivity index (χ2n) is 10.4. The lowest BCUT2D eigenvalue weighted by Gasteiger charge is -2.29. The first-order valence-electron chi connectivity index (χ1n) is 13.5. The van der Waals surface area contributed by atoms with Crippen LogP contribution in [0.1, 0.15) is 35.0 Å². The van der Waals surface area contributed by atoms with E-state index < -0.39 is 0 Å². The lowest BCUT2D eigenvalue weighted by atomic mass is 9.98. The smallest absolute Gasteiger partial charge is 0.261 e. The lowest BCUT2D eigenvalue weighted by molar-refractivity contribution is 0.0730. The molecule has 2 aromatic heterocycles. The van der Waals surface area contributed by atoms with E-state index in [0.29, 0.717) is 69.4 Å². The number of methoxy groups -OCH3 is 1. The van der Waals surface area contributed by atoms with Crippen LogP contribution in [0.4, 0.5) is 5.69 Å². The third-order valence-electron chi connectivity index (χ3n) is 7.60. The third kappa shape index (κ3) is 5.13. The zero-order valence-corrected chi connectivity index (χ0v) is 24.2. The number of amides is 1. The van der Waals surface area contributed by atoms with Crippen LogP contribution in [-0.2, 0) is 13.0 Å². The highest BCUT2D eigenvalue weighted by atomic mass is 35.5. The number of aromatic nitrogens is 3. The predicted octanol–water partition coefficient (Wildman–Crippen LogP) is 5.93. The summed E-state index contributed by atoms with van der Waals surface area (Å²) in [4.78, 5) is 29.3. The molecule has 0 radical (unpaired) electrons. The van der Waals surface area contributed by atoms with Gasteiger partial charge in [-0.05, 0) is 66.8 Å². The van der Waals surface area contributed by atoms with Crippen LogP contribution < -0.4 is 15.6 Å². The van der Waals surface area contributed by atoms with E-state index in [4.69, 9.17) is 33.0 Å². The minimum atomic E-state index is -0.183. The number of carbonyl (C=O) groups excluding carboxylic acids is 1. The molecule has 1 atom stereocenters. The van der Waals surface area contributed by atoms with E-state index in [2.05, 4.69) is 30.5 Å². The highest BCUT2D eigenvalue weighted by Gasteiger charge is 2.29. The van der Waals surface area contributed by atoms with E-state index in [-0.39, 0.29) is 18.0 Å². The Bertz CT molecular complexity index is 1770. The van der Waals surface area contributed by atoms with Gasteiger partial charge in [0.25, 0.3) is 11.5 Å². The Labute approximate surface area is 247 Å². The minimum absolute atomic E-state index is 0.131. The number of allylic oxidation sites excluding steroid dienone is 2. The van der Waals surface area contributed by atoms with Gasteiger partial charge in [0, 0.05) is 24.2 Å². The van der Waals surface area contributed by atoms with Gasteiger partial charge in [0.1, 0.15) is 5.75 Å². The van der Waals surface area contributed by atoms with Gasteiger partial charge in [-0.15, -0.1) is 0 Å². The minimum Gasteiger partial charge on any atom is -0.497 e. The molecule has 2 aliphatic rings. The molecule has 210 valence electrons. The maximum absolute atomic E-state index is 14.1. The Morgan fingerprint density at radius 3 is 2.68 bits per heavy atom. The number of halogens is 2. The fraction of sp³-hybridized carbons (Fsp3) is 0.258. The summed E-state index contributed by atoms with van der Waals surface area (Å²) >= 11 is 12.2. The van der Waals surface area contributed by atoms with E-state index in [1.807, 2.05) is 24.3 Å². The molecule has 2 aromatic carbocycles. The molecule has 10 heteroatoms. The normalized spacial score (nSPS) is 16.4. The second kappa shape index (κ2) is 11.1. The topological polar surface area (TPSA) is 80.9 Å². The Hall–Kier alpha value is -4.01. The average Bonchev–Trinajstić information content (AvgIpc) is 3.41. The van der Waals surface area contributed by atoms with E-state index in [1.54, 1.807) is 45.5 Å². The van der Waals surface area contributed by atoms with Crippen LogP contribution in [0.5, 0.6) is 5.75 Å². The van der Waals surface area contributed by atoms with Crippen LogP contribution in [0, 0.1) is 5.92 Å². The zero-order valence-electron chi connectivity index (χ0n) is 22.7. The van der Waals surface area contributed by atoms with Crippen LogP contribution >= 0.6 is 23.2 Å². The molecular weight excluding hydrogens is 561 g/mol. The van der Waals surface area contributed by atoms with E-state index >= 15 is 0 Å². The van der Waals surface area contributed by atoms with Gasteiger partial charge in [-0.2, -0.15) is 5.10 Å². The maximum atomic E-state index is 14.1. The molecule has 0 saturated carbocycles. The lowest BCUT2D eigenvalue weighted by Crippen LogP contribution is -2.41. The Balaban J connectivity index is 1.43. The summed E-state index contributed by atoms with van der Waals surface area (Å²) in [7, 11) is 1.61. The summed E-state index contributed by atoms with van der Waals surface area (Å²) in [5.41, 5.74) is 4.84. The number of anilines is 1. The quantitative estimate of drug-likeness (QED) is 0.301. The molecule has 41 heavy (non-hydrogen) atoms. The molecule has 1 aliphatic carbocycles. The molecule has 0 bridgehead atoms. The highest BCUT2D eigenvalue weighted by Crippen LogP contribution is 2.28. The summed E-state index contributed by atoms with van der Waals surface area (Å²) < 4.78 is 8.81. The largest absolute Gasteiger partial charge is 0.497 e. The van der Waals surface area contributed by atoms with Gasteiger partial charge in [0.2, 0.25) is 0 Å². The number of benzene rings is 2. The van der Waals surface area contributed by atoms with Crippen LogP contribution in [0.25, 0.3) is 11.3 Å².